The van der Waals surface area contributed by atoms with Crippen LogP contribution in [0.1, 0.15) is 5.69 Å². The zero-order valence-corrected chi connectivity index (χ0v) is 18.5. The first kappa shape index (κ1) is 22.5. The number of anilines is 1. The van der Waals surface area contributed by atoms with Gasteiger partial charge in [-0.2, -0.15) is 0 Å². The van der Waals surface area contributed by atoms with E-state index >= 15 is 0 Å². The molecule has 0 radical (unpaired) electrons. The number of carbonyl (C=O) groups excluding carboxylic acids is 2. The van der Waals surface area contributed by atoms with Crippen LogP contribution in [-0.4, -0.2) is 74.0 Å². The van der Waals surface area contributed by atoms with Gasteiger partial charge in [-0.1, -0.05) is 11.8 Å². The van der Waals surface area contributed by atoms with Crippen molar-refractivity contribution in [3.05, 3.63) is 35.3 Å². The SMILES string of the molecule is COc1ccc(NC(=O)CSc2nc(CC(=O)NCCN3CCOCC3)cs2)cc1. The molecule has 0 spiro atoms. The summed E-state index contributed by atoms with van der Waals surface area (Å²) in [5, 5.41) is 7.64. The quantitative estimate of drug-likeness (QED) is 0.534. The van der Waals surface area contributed by atoms with Gasteiger partial charge < -0.3 is 20.1 Å². The second-order valence-electron chi connectivity index (χ2n) is 6.65. The fourth-order valence-corrected chi connectivity index (χ4v) is 4.48. The van der Waals surface area contributed by atoms with Crippen molar-refractivity contribution in [3.8, 4) is 5.75 Å². The van der Waals surface area contributed by atoms with Crippen molar-refractivity contribution in [2.24, 2.45) is 0 Å². The number of benzene rings is 1. The molecule has 2 N–H and O–H groups in total. The summed E-state index contributed by atoms with van der Waals surface area (Å²) in [6.45, 7) is 4.78. The van der Waals surface area contributed by atoms with Crippen LogP contribution in [-0.2, 0) is 20.7 Å². The molecule has 1 aromatic carbocycles. The maximum atomic E-state index is 12.1. The van der Waals surface area contributed by atoms with Crippen molar-refractivity contribution >= 4 is 40.6 Å². The number of rotatable bonds is 10. The number of aromatic nitrogens is 1. The zero-order chi connectivity index (χ0) is 21.2. The summed E-state index contributed by atoms with van der Waals surface area (Å²) in [7, 11) is 1.60. The van der Waals surface area contributed by atoms with Gasteiger partial charge in [0.25, 0.3) is 0 Å². The van der Waals surface area contributed by atoms with Crippen LogP contribution in [0.4, 0.5) is 5.69 Å². The molecule has 1 aromatic heterocycles. The van der Waals surface area contributed by atoms with Gasteiger partial charge in [0.05, 0.1) is 38.2 Å². The molecule has 8 nitrogen and oxygen atoms in total. The van der Waals surface area contributed by atoms with Crippen LogP contribution in [0, 0.1) is 0 Å². The summed E-state index contributed by atoms with van der Waals surface area (Å²) < 4.78 is 11.2. The Labute approximate surface area is 184 Å². The summed E-state index contributed by atoms with van der Waals surface area (Å²) in [4.78, 5) is 30.9. The molecule has 1 aliphatic heterocycles. The number of nitrogens with one attached hydrogen (secondary N) is 2. The summed E-state index contributed by atoms with van der Waals surface area (Å²) in [5.41, 5.74) is 1.44. The number of carbonyl (C=O) groups is 2. The number of thioether (sulfide) groups is 1. The average Bonchev–Trinajstić information content (AvgIpc) is 3.21. The Kier molecular flexibility index (Phi) is 8.94. The number of hydrogen-bond acceptors (Lipinski definition) is 8. The Morgan fingerprint density at radius 3 is 2.73 bits per heavy atom. The Bertz CT molecular complexity index is 822. The largest absolute Gasteiger partial charge is 0.497 e. The normalized spacial score (nSPS) is 14.3. The predicted molar refractivity (Wildman–Crippen MR) is 118 cm³/mol. The van der Waals surface area contributed by atoms with Gasteiger partial charge in [-0.25, -0.2) is 4.98 Å². The molecule has 2 aromatic rings. The van der Waals surface area contributed by atoms with Gasteiger partial charge in [0, 0.05) is 37.2 Å². The molecule has 2 amide bonds. The van der Waals surface area contributed by atoms with Crippen LogP contribution < -0.4 is 15.4 Å². The average molecular weight is 451 g/mol. The van der Waals surface area contributed by atoms with E-state index in [2.05, 4.69) is 20.5 Å². The molecule has 1 saturated heterocycles. The van der Waals surface area contributed by atoms with Crippen LogP contribution >= 0.6 is 23.1 Å². The Morgan fingerprint density at radius 1 is 1.23 bits per heavy atom. The molecular weight excluding hydrogens is 424 g/mol. The first-order valence-electron chi connectivity index (χ1n) is 9.70. The molecule has 1 fully saturated rings. The van der Waals surface area contributed by atoms with Gasteiger partial charge >= 0.3 is 0 Å². The number of methoxy groups -OCH3 is 1. The molecule has 0 unspecified atom stereocenters. The molecular formula is C20H26N4O4S2. The molecule has 0 saturated carbocycles. The smallest absolute Gasteiger partial charge is 0.234 e. The Morgan fingerprint density at radius 2 is 2.00 bits per heavy atom. The van der Waals surface area contributed by atoms with E-state index in [4.69, 9.17) is 9.47 Å². The molecule has 30 heavy (non-hydrogen) atoms. The van der Waals surface area contributed by atoms with E-state index in [0.29, 0.717) is 6.54 Å². The van der Waals surface area contributed by atoms with Crippen molar-refractivity contribution in [3.63, 3.8) is 0 Å². The number of nitrogens with zero attached hydrogens (tertiary/aromatic N) is 2. The van der Waals surface area contributed by atoms with Crippen molar-refractivity contribution < 1.29 is 19.1 Å². The number of thiazole rings is 1. The molecule has 2 heterocycles. The number of morpholine rings is 1. The van der Waals surface area contributed by atoms with E-state index in [1.165, 1.54) is 23.1 Å². The van der Waals surface area contributed by atoms with Crippen LogP contribution in [0.15, 0.2) is 34.0 Å². The highest BCUT2D eigenvalue weighted by Gasteiger charge is 2.12. The summed E-state index contributed by atoms with van der Waals surface area (Å²) >= 11 is 2.80. The van der Waals surface area contributed by atoms with E-state index in [9.17, 15) is 9.59 Å². The maximum absolute atomic E-state index is 12.1. The minimum atomic E-state index is -0.109. The highest BCUT2D eigenvalue weighted by molar-refractivity contribution is 8.01. The number of amides is 2. The van der Waals surface area contributed by atoms with Crippen molar-refractivity contribution in [2.45, 2.75) is 10.8 Å². The number of hydrogen-bond donors (Lipinski definition) is 2. The predicted octanol–water partition coefficient (Wildman–Crippen LogP) is 1.87. The molecule has 3 rings (SSSR count). The highest BCUT2D eigenvalue weighted by Crippen LogP contribution is 2.23. The minimum Gasteiger partial charge on any atom is -0.497 e. The van der Waals surface area contributed by atoms with E-state index < -0.39 is 0 Å². The first-order chi connectivity index (χ1) is 14.6. The first-order valence-corrected chi connectivity index (χ1v) is 11.6. The highest BCUT2D eigenvalue weighted by atomic mass is 32.2. The minimum absolute atomic E-state index is 0.0395. The maximum Gasteiger partial charge on any atom is 0.234 e. The molecule has 0 bridgehead atoms. The topological polar surface area (TPSA) is 92.8 Å². The molecule has 162 valence electrons. The van der Waals surface area contributed by atoms with Gasteiger partial charge in [-0.3, -0.25) is 14.5 Å². The lowest BCUT2D eigenvalue weighted by Gasteiger charge is -2.26. The third kappa shape index (κ3) is 7.60. The summed E-state index contributed by atoms with van der Waals surface area (Å²) in [5.74, 6) is 0.845. The van der Waals surface area contributed by atoms with Gasteiger partial charge in [-0.15, -0.1) is 11.3 Å². The molecule has 0 aliphatic carbocycles. The fourth-order valence-electron chi connectivity index (χ4n) is 2.84. The zero-order valence-electron chi connectivity index (χ0n) is 16.9. The molecule has 0 atom stereocenters. The molecule has 10 heteroatoms. The lowest BCUT2D eigenvalue weighted by Crippen LogP contribution is -2.41. The van der Waals surface area contributed by atoms with Gasteiger partial charge in [0.15, 0.2) is 4.34 Å². The second-order valence-corrected chi connectivity index (χ2v) is 8.73. The van der Waals surface area contributed by atoms with Gasteiger partial charge in [-0.05, 0) is 24.3 Å². The van der Waals surface area contributed by atoms with E-state index in [-0.39, 0.29) is 24.0 Å². The van der Waals surface area contributed by atoms with E-state index in [1.54, 1.807) is 31.4 Å². The lowest BCUT2D eigenvalue weighted by atomic mass is 10.3. The summed E-state index contributed by atoms with van der Waals surface area (Å²) in [6, 6.07) is 7.17. The van der Waals surface area contributed by atoms with Crippen molar-refractivity contribution in [1.82, 2.24) is 15.2 Å². The van der Waals surface area contributed by atoms with E-state index in [1.807, 2.05) is 5.38 Å². The summed E-state index contributed by atoms with van der Waals surface area (Å²) in [6.07, 6.45) is 0.248. The van der Waals surface area contributed by atoms with Gasteiger partial charge in [0.1, 0.15) is 5.75 Å². The Balaban J connectivity index is 1.34. The third-order valence-electron chi connectivity index (χ3n) is 4.43. The Hall–Kier alpha value is -2.14. The van der Waals surface area contributed by atoms with Crippen LogP contribution in [0.2, 0.25) is 0 Å². The molecule has 1 aliphatic rings. The van der Waals surface area contributed by atoms with Crippen LogP contribution in [0.25, 0.3) is 0 Å². The van der Waals surface area contributed by atoms with Crippen LogP contribution in [0.3, 0.4) is 0 Å². The van der Waals surface area contributed by atoms with Crippen molar-refractivity contribution in [1.29, 1.82) is 0 Å². The standard InChI is InChI=1S/C20H26N4O4S2/c1-27-17-4-2-15(3-5-17)22-19(26)14-30-20-23-16(13-29-20)12-18(25)21-6-7-24-8-10-28-11-9-24/h2-5,13H,6-12,14H2,1H3,(H,21,25)(H,22,26). The van der Waals surface area contributed by atoms with Gasteiger partial charge in [0.2, 0.25) is 11.8 Å². The fraction of sp³-hybridized carbons (Fsp3) is 0.450. The van der Waals surface area contributed by atoms with E-state index in [0.717, 1.165) is 54.3 Å². The van der Waals surface area contributed by atoms with Crippen LogP contribution in [0.5, 0.6) is 5.75 Å². The lowest BCUT2D eigenvalue weighted by molar-refractivity contribution is -0.120. The number of ether oxygens (including phenoxy) is 2. The second kappa shape index (κ2) is 11.9. The van der Waals surface area contributed by atoms with Crippen molar-refractivity contribution in [2.75, 3.05) is 57.6 Å². The third-order valence-corrected chi connectivity index (χ3v) is 6.50. The monoisotopic (exact) mass is 450 g/mol.